The molecule has 0 bridgehead atoms. The predicted molar refractivity (Wildman–Crippen MR) is 149 cm³/mol. The van der Waals surface area contributed by atoms with Gasteiger partial charge in [0.1, 0.15) is 0 Å². The van der Waals surface area contributed by atoms with Gasteiger partial charge in [-0.05, 0) is 63.3 Å². The minimum atomic E-state index is -0.331. The first-order chi connectivity index (χ1) is 17.3. The molecule has 7 nitrogen and oxygen atoms in total. The molecule has 1 aliphatic carbocycles. The zero-order valence-corrected chi connectivity index (χ0v) is 24.9. The number of nitrogens with one attached hydrogen (secondary N) is 2. The van der Waals surface area contributed by atoms with Crippen LogP contribution in [0.2, 0.25) is 0 Å². The molecule has 0 spiro atoms. The number of piperidine rings is 2. The Bertz CT molecular complexity index is 807. The topological polar surface area (TPSA) is 81.8 Å². The maximum Gasteiger partial charge on any atom is 0.227 e. The van der Waals surface area contributed by atoms with Crippen LogP contribution in [0.25, 0.3) is 0 Å². The van der Waals surface area contributed by atoms with Gasteiger partial charge in [0.2, 0.25) is 17.7 Å². The fourth-order valence-corrected chi connectivity index (χ4v) is 7.18. The Hall–Kier alpha value is -1.34. The average Bonchev–Trinajstić information content (AvgIpc) is 2.82. The molecule has 2 heterocycles. The minimum Gasteiger partial charge on any atom is -0.355 e. The van der Waals surface area contributed by atoms with E-state index in [-0.39, 0.29) is 64.3 Å². The molecule has 37 heavy (non-hydrogen) atoms. The molecule has 8 heteroatoms. The van der Waals surface area contributed by atoms with Gasteiger partial charge >= 0.3 is 0 Å². The van der Waals surface area contributed by atoms with Crippen molar-refractivity contribution >= 4 is 29.3 Å². The number of hydrogen-bond donors (Lipinski definition) is 2. The number of nitrogens with zero attached hydrogens (tertiary/aromatic N) is 2. The first-order valence-electron chi connectivity index (χ1n) is 14.6. The van der Waals surface area contributed by atoms with Crippen LogP contribution in [0.15, 0.2) is 0 Å². The van der Waals surface area contributed by atoms with Crippen LogP contribution in [0.4, 0.5) is 0 Å². The van der Waals surface area contributed by atoms with E-state index in [1.54, 1.807) is 0 Å². The second-order valence-electron chi connectivity index (χ2n) is 13.1. The van der Waals surface area contributed by atoms with Crippen LogP contribution in [-0.4, -0.2) is 77.7 Å². The number of halogens is 1. The van der Waals surface area contributed by atoms with Crippen LogP contribution >= 0.6 is 11.6 Å². The summed E-state index contributed by atoms with van der Waals surface area (Å²) in [6, 6.07) is 0.445. The Morgan fingerprint density at radius 2 is 1.76 bits per heavy atom. The third-order valence-electron chi connectivity index (χ3n) is 9.13. The first kappa shape index (κ1) is 30.2. The zero-order valence-electron chi connectivity index (χ0n) is 24.2. The van der Waals surface area contributed by atoms with Gasteiger partial charge in [-0.25, -0.2) is 0 Å². The van der Waals surface area contributed by atoms with Gasteiger partial charge in [-0.15, -0.1) is 11.6 Å². The molecule has 2 N–H and O–H groups in total. The van der Waals surface area contributed by atoms with Gasteiger partial charge in [0.15, 0.2) is 0 Å². The maximum atomic E-state index is 13.3. The summed E-state index contributed by atoms with van der Waals surface area (Å²) in [5.74, 6) is 0.986. The highest BCUT2D eigenvalue weighted by Crippen LogP contribution is 2.37. The molecule has 2 saturated heterocycles. The van der Waals surface area contributed by atoms with E-state index in [4.69, 9.17) is 11.6 Å². The van der Waals surface area contributed by atoms with Crippen molar-refractivity contribution in [1.29, 1.82) is 0 Å². The molecular formula is C29H51ClN4O3. The molecule has 3 amide bonds. The van der Waals surface area contributed by atoms with Crippen LogP contribution in [-0.2, 0) is 14.4 Å². The number of amides is 3. The third-order valence-corrected chi connectivity index (χ3v) is 9.49. The van der Waals surface area contributed by atoms with Crippen molar-refractivity contribution in [2.75, 3.05) is 32.7 Å². The summed E-state index contributed by atoms with van der Waals surface area (Å²) in [4.78, 5) is 43.1. The summed E-state index contributed by atoms with van der Waals surface area (Å²) in [6.45, 7) is 18.4. The summed E-state index contributed by atoms with van der Waals surface area (Å²) in [5.41, 5.74) is -0.331. The highest BCUT2D eigenvalue weighted by molar-refractivity contribution is 6.20. The van der Waals surface area contributed by atoms with Gasteiger partial charge in [0, 0.05) is 55.0 Å². The van der Waals surface area contributed by atoms with Crippen LogP contribution in [0, 0.1) is 35.0 Å². The largest absolute Gasteiger partial charge is 0.355 e. The molecule has 0 aromatic heterocycles. The molecule has 0 radical (unpaired) electrons. The molecule has 7 unspecified atom stereocenters. The Kier molecular flexibility index (Phi) is 10.3. The molecule has 3 aliphatic rings. The molecule has 0 aromatic rings. The highest BCUT2D eigenvalue weighted by Gasteiger charge is 2.42. The molecule has 2 aliphatic heterocycles. The number of rotatable bonds is 7. The summed E-state index contributed by atoms with van der Waals surface area (Å²) >= 11 is 6.75. The van der Waals surface area contributed by atoms with Crippen molar-refractivity contribution in [2.24, 2.45) is 35.0 Å². The van der Waals surface area contributed by atoms with Crippen molar-refractivity contribution in [1.82, 2.24) is 20.4 Å². The van der Waals surface area contributed by atoms with Crippen molar-refractivity contribution < 1.29 is 14.4 Å². The van der Waals surface area contributed by atoms with E-state index < -0.39 is 0 Å². The normalized spacial score (nSPS) is 33.8. The van der Waals surface area contributed by atoms with Crippen molar-refractivity contribution in [3.63, 3.8) is 0 Å². The summed E-state index contributed by atoms with van der Waals surface area (Å²) in [6.07, 6.45) is 4.55. The molecule has 3 rings (SSSR count). The van der Waals surface area contributed by atoms with E-state index in [2.05, 4.69) is 36.3 Å². The number of carbonyl (C=O) groups is 3. The lowest BCUT2D eigenvalue weighted by Gasteiger charge is -2.45. The fourth-order valence-electron chi connectivity index (χ4n) is 6.81. The Balaban J connectivity index is 1.57. The lowest BCUT2D eigenvalue weighted by Crippen LogP contribution is -2.54. The SMILES string of the molecule is CCN(CC1CCN(C(=O)C(C)(C)C)CC1)C1CC(Cl)CC(C(=O)NCC2C(=O)NC(C)CC2C)C1C. The minimum absolute atomic E-state index is 0.0324. The highest BCUT2D eigenvalue weighted by atomic mass is 35.5. The monoisotopic (exact) mass is 538 g/mol. The van der Waals surface area contributed by atoms with Crippen LogP contribution in [0.5, 0.6) is 0 Å². The second-order valence-corrected chi connectivity index (χ2v) is 13.8. The van der Waals surface area contributed by atoms with Gasteiger partial charge in [0.05, 0.1) is 5.92 Å². The van der Waals surface area contributed by atoms with E-state index in [9.17, 15) is 14.4 Å². The molecule has 0 aromatic carbocycles. The third kappa shape index (κ3) is 7.62. The number of hydrogen-bond acceptors (Lipinski definition) is 4. The van der Waals surface area contributed by atoms with E-state index >= 15 is 0 Å². The molecule has 7 atom stereocenters. The average molecular weight is 539 g/mol. The Morgan fingerprint density at radius 1 is 1.11 bits per heavy atom. The van der Waals surface area contributed by atoms with Crippen molar-refractivity contribution in [2.45, 2.75) is 98.0 Å². The maximum absolute atomic E-state index is 13.3. The quantitative estimate of drug-likeness (QED) is 0.482. The van der Waals surface area contributed by atoms with E-state index in [1.807, 2.05) is 32.6 Å². The summed E-state index contributed by atoms with van der Waals surface area (Å²) in [5, 5.41) is 6.11. The van der Waals surface area contributed by atoms with Crippen LogP contribution in [0.3, 0.4) is 0 Å². The van der Waals surface area contributed by atoms with Gasteiger partial charge in [-0.3, -0.25) is 14.4 Å². The van der Waals surface area contributed by atoms with Crippen LogP contribution < -0.4 is 10.6 Å². The number of alkyl halides is 1. The summed E-state index contributed by atoms with van der Waals surface area (Å²) in [7, 11) is 0. The van der Waals surface area contributed by atoms with E-state index in [0.29, 0.717) is 18.9 Å². The van der Waals surface area contributed by atoms with E-state index in [0.717, 1.165) is 51.9 Å². The smallest absolute Gasteiger partial charge is 0.227 e. The first-order valence-corrected chi connectivity index (χ1v) is 15.0. The number of carbonyl (C=O) groups excluding carboxylic acids is 3. The Labute approximate surface area is 229 Å². The lowest BCUT2D eigenvalue weighted by molar-refractivity contribution is -0.141. The fraction of sp³-hybridized carbons (Fsp3) is 0.897. The molecule has 3 fully saturated rings. The van der Waals surface area contributed by atoms with Crippen molar-refractivity contribution in [3.05, 3.63) is 0 Å². The van der Waals surface area contributed by atoms with Crippen molar-refractivity contribution in [3.8, 4) is 0 Å². The standard InChI is InChI=1S/C29H51ClN4O3/c1-8-33(17-21-9-11-34(12-10-21)28(37)29(5,6)7)25-15-22(30)14-23(20(25)4)26(35)31-16-24-18(2)13-19(3)32-27(24)36/h18-25H,8-17H2,1-7H3,(H,31,35)(H,32,36). The zero-order chi connectivity index (χ0) is 27.5. The molecule has 1 saturated carbocycles. The predicted octanol–water partition coefficient (Wildman–Crippen LogP) is 3.89. The Morgan fingerprint density at radius 3 is 2.32 bits per heavy atom. The number of likely N-dealkylation sites (tertiary alicyclic amines) is 1. The van der Waals surface area contributed by atoms with Gasteiger partial charge in [-0.1, -0.05) is 41.5 Å². The molecule has 212 valence electrons. The van der Waals surface area contributed by atoms with E-state index in [1.165, 1.54) is 0 Å². The second kappa shape index (κ2) is 12.7. The van der Waals surface area contributed by atoms with Crippen LogP contribution in [0.1, 0.15) is 80.6 Å². The molecular weight excluding hydrogens is 488 g/mol. The lowest BCUT2D eigenvalue weighted by atomic mass is 9.75. The summed E-state index contributed by atoms with van der Waals surface area (Å²) < 4.78 is 0. The van der Waals surface area contributed by atoms with Gasteiger partial charge in [0.25, 0.3) is 0 Å². The van der Waals surface area contributed by atoms with Gasteiger partial charge in [-0.2, -0.15) is 0 Å². The van der Waals surface area contributed by atoms with Gasteiger partial charge < -0.3 is 20.4 Å².